The van der Waals surface area contributed by atoms with Crippen LogP contribution in [0.15, 0.2) is 24.3 Å². The normalized spacial score (nSPS) is 10.7. The van der Waals surface area contributed by atoms with E-state index in [1.54, 1.807) is 0 Å². The van der Waals surface area contributed by atoms with Crippen molar-refractivity contribution in [1.82, 2.24) is 5.32 Å². The first kappa shape index (κ1) is 23.5. The summed E-state index contributed by atoms with van der Waals surface area (Å²) >= 11 is 0. The van der Waals surface area contributed by atoms with Crippen molar-refractivity contribution in [1.29, 1.82) is 0 Å². The molecule has 27 heavy (non-hydrogen) atoms. The van der Waals surface area contributed by atoms with E-state index in [4.69, 9.17) is 18.9 Å². The molecule has 0 aliphatic heterocycles. The summed E-state index contributed by atoms with van der Waals surface area (Å²) < 4.78 is 22.1. The molecular weight excluding hydrogens is 342 g/mol. The highest BCUT2D eigenvalue weighted by Gasteiger charge is 1.96. The first-order chi connectivity index (χ1) is 13.2. The minimum atomic E-state index is 0.496. The fourth-order valence-corrected chi connectivity index (χ4v) is 2.10. The van der Waals surface area contributed by atoms with E-state index < -0.39 is 0 Å². The molecule has 0 saturated heterocycles. The van der Waals surface area contributed by atoms with Gasteiger partial charge in [-0.25, -0.2) is 0 Å². The lowest BCUT2D eigenvalue weighted by atomic mass is 10.2. The summed E-state index contributed by atoms with van der Waals surface area (Å²) in [7, 11) is 0. The molecule has 1 aromatic rings. The van der Waals surface area contributed by atoms with Crippen molar-refractivity contribution in [3.8, 4) is 17.6 Å². The largest absolute Gasteiger partial charge is 0.491 e. The van der Waals surface area contributed by atoms with E-state index >= 15 is 0 Å². The van der Waals surface area contributed by atoms with Crippen molar-refractivity contribution in [2.24, 2.45) is 0 Å². The Kier molecular flexibility index (Phi) is 14.4. The third-order valence-corrected chi connectivity index (χ3v) is 3.50. The van der Waals surface area contributed by atoms with Crippen LogP contribution in [0.1, 0.15) is 39.2 Å². The van der Waals surface area contributed by atoms with Gasteiger partial charge >= 0.3 is 0 Å². The van der Waals surface area contributed by atoms with Gasteiger partial charge in [0.2, 0.25) is 0 Å². The fraction of sp³-hybridized carbons (Fsp3) is 0.636. The van der Waals surface area contributed by atoms with E-state index in [0.717, 1.165) is 30.7 Å². The highest BCUT2D eigenvalue weighted by Crippen LogP contribution is 2.11. The molecule has 0 amide bonds. The van der Waals surface area contributed by atoms with Gasteiger partial charge in [0, 0.05) is 24.6 Å². The van der Waals surface area contributed by atoms with Crippen molar-refractivity contribution in [3.05, 3.63) is 29.8 Å². The molecule has 0 spiro atoms. The maximum atomic E-state index is 5.65. The van der Waals surface area contributed by atoms with E-state index in [-0.39, 0.29) is 0 Å². The minimum absolute atomic E-state index is 0.496. The van der Waals surface area contributed by atoms with Crippen LogP contribution in [-0.2, 0) is 14.2 Å². The Balaban J connectivity index is 1.91. The number of rotatable bonds is 15. The Morgan fingerprint density at radius 2 is 1.44 bits per heavy atom. The molecule has 5 nitrogen and oxygen atoms in total. The van der Waals surface area contributed by atoms with Gasteiger partial charge < -0.3 is 24.3 Å². The molecular formula is C22H35NO4. The molecule has 0 radical (unpaired) electrons. The molecule has 0 unspecified atom stereocenters. The van der Waals surface area contributed by atoms with Gasteiger partial charge in [-0.2, -0.15) is 0 Å². The Morgan fingerprint density at radius 1 is 0.852 bits per heavy atom. The summed E-state index contributed by atoms with van der Waals surface area (Å²) in [6, 6.07) is 8.34. The van der Waals surface area contributed by atoms with Gasteiger partial charge in [-0.1, -0.05) is 32.6 Å². The second kappa shape index (κ2) is 16.6. The number of hydrogen-bond acceptors (Lipinski definition) is 5. The van der Waals surface area contributed by atoms with Crippen molar-refractivity contribution in [3.63, 3.8) is 0 Å². The summed E-state index contributed by atoms with van der Waals surface area (Å²) in [6.45, 7) is 11.3. The predicted molar refractivity (Wildman–Crippen MR) is 109 cm³/mol. The summed E-state index contributed by atoms with van der Waals surface area (Å²) in [5.41, 5.74) is 1.02. The van der Waals surface area contributed by atoms with Crippen molar-refractivity contribution < 1.29 is 18.9 Å². The molecule has 0 saturated carbocycles. The van der Waals surface area contributed by atoms with E-state index in [9.17, 15) is 0 Å². The second-order valence-electron chi connectivity index (χ2n) is 6.37. The van der Waals surface area contributed by atoms with Gasteiger partial charge in [0.25, 0.3) is 0 Å². The summed E-state index contributed by atoms with van der Waals surface area (Å²) in [5.74, 6) is 7.10. The van der Waals surface area contributed by atoms with Crippen molar-refractivity contribution in [2.75, 3.05) is 52.8 Å². The van der Waals surface area contributed by atoms with Crippen LogP contribution in [0, 0.1) is 11.8 Å². The number of benzene rings is 1. The Labute approximate surface area is 164 Å². The van der Waals surface area contributed by atoms with E-state index in [2.05, 4.69) is 37.9 Å². The van der Waals surface area contributed by atoms with Gasteiger partial charge in [-0.3, -0.25) is 0 Å². The zero-order chi connectivity index (χ0) is 19.6. The highest BCUT2D eigenvalue weighted by molar-refractivity contribution is 5.38. The number of ether oxygens (including phenoxy) is 4. The maximum absolute atomic E-state index is 5.65. The highest BCUT2D eigenvalue weighted by atomic mass is 16.6. The lowest BCUT2D eigenvalue weighted by Crippen LogP contribution is -2.27. The summed E-state index contributed by atoms with van der Waals surface area (Å²) in [4.78, 5) is 0. The van der Waals surface area contributed by atoms with Gasteiger partial charge in [0.15, 0.2) is 0 Å². The zero-order valence-electron chi connectivity index (χ0n) is 17.1. The molecule has 0 aliphatic rings. The van der Waals surface area contributed by atoms with Crippen LogP contribution in [0.25, 0.3) is 0 Å². The zero-order valence-corrected chi connectivity index (χ0v) is 17.1. The van der Waals surface area contributed by atoms with Gasteiger partial charge in [0.1, 0.15) is 12.4 Å². The average molecular weight is 378 g/mol. The van der Waals surface area contributed by atoms with Gasteiger partial charge in [-0.05, 0) is 30.7 Å². The van der Waals surface area contributed by atoms with Crippen LogP contribution >= 0.6 is 0 Å². The Hall–Kier alpha value is -1.58. The average Bonchev–Trinajstić information content (AvgIpc) is 2.66. The van der Waals surface area contributed by atoms with Gasteiger partial charge in [-0.15, -0.1) is 0 Å². The topological polar surface area (TPSA) is 49.0 Å². The predicted octanol–water partition coefficient (Wildman–Crippen LogP) is 3.26. The van der Waals surface area contributed by atoms with Gasteiger partial charge in [0.05, 0.1) is 39.6 Å². The minimum Gasteiger partial charge on any atom is -0.491 e. The second-order valence-corrected chi connectivity index (χ2v) is 6.37. The molecule has 0 fully saturated rings. The number of nitrogens with one attached hydrogen (secondary N) is 1. The van der Waals surface area contributed by atoms with E-state index in [1.807, 2.05) is 24.3 Å². The SMILES string of the molecule is CCCC#Cc1ccc(OCCOCCOCCOCCNC(C)C)cc1. The number of hydrogen-bond donors (Lipinski definition) is 1. The summed E-state index contributed by atoms with van der Waals surface area (Å²) in [5, 5.41) is 3.30. The number of unbranched alkanes of at least 4 members (excludes halogenated alkanes) is 1. The van der Waals surface area contributed by atoms with Crippen molar-refractivity contribution >= 4 is 0 Å². The van der Waals surface area contributed by atoms with Crippen LogP contribution in [-0.4, -0.2) is 58.8 Å². The van der Waals surface area contributed by atoms with Crippen LogP contribution in [0.4, 0.5) is 0 Å². The quantitative estimate of drug-likeness (QED) is 0.376. The molecule has 0 bridgehead atoms. The molecule has 1 aromatic carbocycles. The smallest absolute Gasteiger partial charge is 0.119 e. The molecule has 1 rings (SSSR count). The Bertz CT molecular complexity index is 519. The van der Waals surface area contributed by atoms with E-state index in [1.165, 1.54) is 0 Å². The standard InChI is InChI=1S/C22H35NO4/c1-4-5-6-7-21-8-10-22(11-9-21)27-19-18-26-17-16-25-15-14-24-13-12-23-20(2)3/h8-11,20,23H,4-5,12-19H2,1-3H3. The monoisotopic (exact) mass is 377 g/mol. The third-order valence-electron chi connectivity index (χ3n) is 3.50. The molecule has 1 N–H and O–H groups in total. The molecule has 0 aromatic heterocycles. The molecule has 0 atom stereocenters. The molecule has 5 heteroatoms. The molecule has 0 heterocycles. The first-order valence-electron chi connectivity index (χ1n) is 9.90. The Morgan fingerprint density at radius 3 is 2.04 bits per heavy atom. The lowest BCUT2D eigenvalue weighted by molar-refractivity contribution is 0.00971. The van der Waals surface area contributed by atoms with Crippen LogP contribution in [0.5, 0.6) is 5.75 Å². The van der Waals surface area contributed by atoms with E-state index in [0.29, 0.717) is 52.3 Å². The third kappa shape index (κ3) is 14.2. The van der Waals surface area contributed by atoms with Crippen molar-refractivity contribution in [2.45, 2.75) is 39.7 Å². The molecule has 0 aliphatic carbocycles. The van der Waals surface area contributed by atoms with Crippen LogP contribution in [0.3, 0.4) is 0 Å². The fourth-order valence-electron chi connectivity index (χ4n) is 2.10. The first-order valence-corrected chi connectivity index (χ1v) is 9.90. The maximum Gasteiger partial charge on any atom is 0.119 e. The summed E-state index contributed by atoms with van der Waals surface area (Å²) in [6.07, 6.45) is 2.02. The van der Waals surface area contributed by atoms with Crippen LogP contribution in [0.2, 0.25) is 0 Å². The lowest BCUT2D eigenvalue weighted by Gasteiger charge is -2.09. The molecule has 152 valence electrons. The van der Waals surface area contributed by atoms with Crippen LogP contribution < -0.4 is 10.1 Å².